The fourth-order valence-corrected chi connectivity index (χ4v) is 2.23. The van der Waals surface area contributed by atoms with Crippen LogP contribution in [0, 0.1) is 0 Å². The van der Waals surface area contributed by atoms with Crippen LogP contribution in [-0.4, -0.2) is 55.5 Å². The third-order valence-corrected chi connectivity index (χ3v) is 2.86. The van der Waals surface area contributed by atoms with Gasteiger partial charge in [-0.2, -0.15) is 0 Å². The quantitative estimate of drug-likeness (QED) is 0.271. The van der Waals surface area contributed by atoms with E-state index < -0.39 is 27.2 Å². The summed E-state index contributed by atoms with van der Waals surface area (Å²) < 4.78 is 20.2. The van der Waals surface area contributed by atoms with Gasteiger partial charge in [-0.05, 0) is 0 Å². The molecular formula is C2H9LiO7P2. The summed E-state index contributed by atoms with van der Waals surface area (Å²) in [5, 5.41) is 8.47. The average Bonchev–Trinajstić information content (AvgIpc) is 1.56. The molecule has 0 amide bonds. The van der Waals surface area contributed by atoms with Gasteiger partial charge in [-0.1, -0.05) is 0 Å². The summed E-state index contributed by atoms with van der Waals surface area (Å²) in [5.74, 6) is -2.29. The monoisotopic (exact) mass is 214 g/mol. The SMILES string of the molecule is O=P(O)(O)CC(O)P(=O)(O)O.[LiH]. The molecule has 0 bridgehead atoms. The fourth-order valence-electron chi connectivity index (χ4n) is 0.319. The average molecular weight is 214 g/mol. The van der Waals surface area contributed by atoms with Crippen molar-refractivity contribution in [2.45, 2.75) is 5.85 Å². The second-order valence-corrected chi connectivity index (χ2v) is 5.39. The molecular weight excluding hydrogens is 205 g/mol. The molecule has 0 aromatic heterocycles. The molecule has 0 aromatic rings. The second-order valence-electron chi connectivity index (χ2n) is 1.92. The Hall–Kier alpha value is 0.857. The molecule has 1 unspecified atom stereocenters. The minimum atomic E-state index is -4.79. The molecule has 0 aliphatic rings. The van der Waals surface area contributed by atoms with E-state index in [-0.39, 0.29) is 18.9 Å². The summed E-state index contributed by atoms with van der Waals surface area (Å²) in [7, 11) is -9.35. The van der Waals surface area contributed by atoms with E-state index in [9.17, 15) is 9.13 Å². The molecule has 7 nitrogen and oxygen atoms in total. The van der Waals surface area contributed by atoms with Crippen molar-refractivity contribution in [2.24, 2.45) is 0 Å². The van der Waals surface area contributed by atoms with E-state index in [4.69, 9.17) is 24.7 Å². The van der Waals surface area contributed by atoms with E-state index in [1.165, 1.54) is 0 Å². The molecule has 0 saturated carbocycles. The predicted molar refractivity (Wildman–Crippen MR) is 42.1 cm³/mol. The summed E-state index contributed by atoms with van der Waals surface area (Å²) in [5.41, 5.74) is 0. The van der Waals surface area contributed by atoms with Crippen LogP contribution in [0.15, 0.2) is 0 Å². The second kappa shape index (κ2) is 4.92. The molecule has 0 aliphatic carbocycles. The Morgan fingerprint density at radius 3 is 1.50 bits per heavy atom. The molecule has 0 rings (SSSR count). The summed E-state index contributed by atoms with van der Waals surface area (Å²) in [6.45, 7) is 0. The molecule has 10 heteroatoms. The molecule has 0 radical (unpaired) electrons. The number of aliphatic hydroxyl groups excluding tert-OH is 1. The van der Waals surface area contributed by atoms with Gasteiger partial charge in [-0.3, -0.25) is 9.13 Å². The molecule has 0 heterocycles. The Morgan fingerprint density at radius 2 is 1.42 bits per heavy atom. The van der Waals surface area contributed by atoms with E-state index >= 15 is 0 Å². The molecule has 1 atom stereocenters. The van der Waals surface area contributed by atoms with Crippen molar-refractivity contribution in [2.75, 3.05) is 6.16 Å². The van der Waals surface area contributed by atoms with Crippen molar-refractivity contribution < 1.29 is 33.8 Å². The van der Waals surface area contributed by atoms with Gasteiger partial charge in [0, 0.05) is 0 Å². The maximum absolute atomic E-state index is 10.1. The van der Waals surface area contributed by atoms with Crippen LogP contribution in [-0.2, 0) is 9.13 Å². The number of hydrogen-bond acceptors (Lipinski definition) is 3. The van der Waals surface area contributed by atoms with Gasteiger partial charge in [0.1, 0.15) is 0 Å². The summed E-state index contributed by atoms with van der Waals surface area (Å²) in [4.78, 5) is 32.7. The van der Waals surface area contributed by atoms with Crippen molar-refractivity contribution in [3.8, 4) is 0 Å². The topological polar surface area (TPSA) is 135 Å². The van der Waals surface area contributed by atoms with Gasteiger partial charge in [0.05, 0.1) is 6.16 Å². The molecule has 0 spiro atoms. The zero-order valence-electron chi connectivity index (χ0n) is 5.23. The number of hydrogen-bond donors (Lipinski definition) is 5. The van der Waals surface area contributed by atoms with Gasteiger partial charge in [-0.25, -0.2) is 0 Å². The normalized spacial score (nSPS) is 15.1. The van der Waals surface area contributed by atoms with Crippen LogP contribution in [0.1, 0.15) is 0 Å². The molecule has 5 N–H and O–H groups in total. The van der Waals surface area contributed by atoms with E-state index in [1.54, 1.807) is 0 Å². The van der Waals surface area contributed by atoms with Crippen LogP contribution >= 0.6 is 15.2 Å². The Morgan fingerprint density at radius 1 is 1.08 bits per heavy atom. The van der Waals surface area contributed by atoms with Gasteiger partial charge in [0.25, 0.3) is 0 Å². The van der Waals surface area contributed by atoms with Gasteiger partial charge < -0.3 is 24.7 Å². The van der Waals surface area contributed by atoms with Crippen LogP contribution in [0.3, 0.4) is 0 Å². The summed E-state index contributed by atoms with van der Waals surface area (Å²) in [6, 6.07) is 0. The first-order chi connectivity index (χ1) is 4.63. The molecule has 0 fully saturated rings. The fraction of sp³-hybridized carbons (Fsp3) is 1.00. The Balaban J connectivity index is 0. The molecule has 0 aliphatic heterocycles. The van der Waals surface area contributed by atoms with Crippen LogP contribution < -0.4 is 0 Å². The summed E-state index contributed by atoms with van der Waals surface area (Å²) in [6.07, 6.45) is -1.22. The van der Waals surface area contributed by atoms with E-state index in [2.05, 4.69) is 0 Å². The number of rotatable bonds is 3. The maximum atomic E-state index is 10.1. The van der Waals surface area contributed by atoms with Crippen LogP contribution in [0.2, 0.25) is 0 Å². The predicted octanol–water partition coefficient (Wildman–Crippen LogP) is -1.99. The van der Waals surface area contributed by atoms with E-state index in [1.807, 2.05) is 0 Å². The third kappa shape index (κ3) is 7.50. The summed E-state index contributed by atoms with van der Waals surface area (Å²) >= 11 is 0. The Labute approximate surface area is 80.3 Å². The first-order valence-electron chi connectivity index (χ1n) is 2.41. The third-order valence-electron chi connectivity index (χ3n) is 0.789. The molecule has 12 heavy (non-hydrogen) atoms. The van der Waals surface area contributed by atoms with Gasteiger partial charge in [0.15, 0.2) is 5.85 Å². The van der Waals surface area contributed by atoms with Crippen molar-refractivity contribution in [3.05, 3.63) is 0 Å². The number of aliphatic hydroxyl groups is 1. The van der Waals surface area contributed by atoms with Crippen molar-refractivity contribution in [1.82, 2.24) is 0 Å². The van der Waals surface area contributed by atoms with Gasteiger partial charge in [-0.15, -0.1) is 0 Å². The zero-order chi connectivity index (χ0) is 9.28. The first-order valence-corrected chi connectivity index (χ1v) is 5.89. The van der Waals surface area contributed by atoms with Crippen LogP contribution in [0.25, 0.3) is 0 Å². The standard InChI is InChI=1S/C2H8O7P2.Li.H/c3-2(11(7,8)9)1-10(4,5)6;;/h2-3H,1H2,(H2,4,5,6)(H2,7,8,9);;. The van der Waals surface area contributed by atoms with Gasteiger partial charge in [0.2, 0.25) is 0 Å². The van der Waals surface area contributed by atoms with Crippen molar-refractivity contribution >= 4 is 34.1 Å². The molecule has 0 saturated heterocycles. The van der Waals surface area contributed by atoms with Crippen molar-refractivity contribution in [3.63, 3.8) is 0 Å². The van der Waals surface area contributed by atoms with E-state index in [0.29, 0.717) is 0 Å². The minimum absolute atomic E-state index is 0. The first kappa shape index (κ1) is 15.3. The molecule has 70 valence electrons. The Kier molecular flexibility index (Phi) is 6.29. The van der Waals surface area contributed by atoms with Crippen LogP contribution in [0.4, 0.5) is 0 Å². The van der Waals surface area contributed by atoms with Crippen molar-refractivity contribution in [1.29, 1.82) is 0 Å². The molecule has 0 aromatic carbocycles. The van der Waals surface area contributed by atoms with E-state index in [0.717, 1.165) is 0 Å². The van der Waals surface area contributed by atoms with Crippen LogP contribution in [0.5, 0.6) is 0 Å². The zero-order valence-corrected chi connectivity index (χ0v) is 7.02. The Bertz CT molecular complexity index is 215. The van der Waals surface area contributed by atoms with Gasteiger partial charge >= 0.3 is 34.1 Å².